The van der Waals surface area contributed by atoms with Gasteiger partial charge in [0.2, 0.25) is 0 Å². The van der Waals surface area contributed by atoms with Crippen molar-refractivity contribution >= 4 is 16.9 Å². The van der Waals surface area contributed by atoms with Crippen LogP contribution in [0.15, 0.2) is 47.4 Å². The van der Waals surface area contributed by atoms with Crippen LogP contribution in [-0.2, 0) is 0 Å². The summed E-state index contributed by atoms with van der Waals surface area (Å²) in [5.74, 6) is 0.0642. The molecule has 1 aliphatic carbocycles. The standard InChI is InChI=1S/C29H28FN7O/c1-17(2)23-25(18(3)8-11-33-23)37-27-21(14-19(15-31)24(34-27)20-6-4-5-7-22(20)30)26(35-28(37)38)36-13-12-32-16-29(36)9-10-29/h4-8,11,14,17,32H,9-10,12-13,16H2,1-3H3. The highest BCUT2D eigenvalue weighted by molar-refractivity contribution is 5.92. The quantitative estimate of drug-likeness (QED) is 0.440. The van der Waals surface area contributed by atoms with Crippen LogP contribution in [0.4, 0.5) is 10.2 Å². The van der Waals surface area contributed by atoms with E-state index in [4.69, 9.17) is 4.98 Å². The number of nitrogens with one attached hydrogen (secondary N) is 1. The number of hydrogen-bond acceptors (Lipinski definition) is 7. The van der Waals surface area contributed by atoms with Crippen LogP contribution < -0.4 is 15.9 Å². The minimum Gasteiger partial charge on any atom is -0.348 e. The Kier molecular flexibility index (Phi) is 5.73. The van der Waals surface area contributed by atoms with Crippen molar-refractivity contribution in [1.82, 2.24) is 24.8 Å². The van der Waals surface area contributed by atoms with E-state index in [-0.39, 0.29) is 28.3 Å². The fourth-order valence-corrected chi connectivity index (χ4v) is 5.53. The lowest BCUT2D eigenvalue weighted by Crippen LogP contribution is -2.54. The summed E-state index contributed by atoms with van der Waals surface area (Å²) < 4.78 is 16.4. The van der Waals surface area contributed by atoms with Gasteiger partial charge in [-0.1, -0.05) is 26.0 Å². The molecule has 4 aromatic rings. The molecule has 0 unspecified atom stereocenters. The third-order valence-corrected chi connectivity index (χ3v) is 7.64. The number of nitriles is 1. The summed E-state index contributed by atoms with van der Waals surface area (Å²) in [5, 5.41) is 14.2. The first kappa shape index (κ1) is 24.2. The van der Waals surface area contributed by atoms with Gasteiger partial charge in [-0.05, 0) is 55.5 Å². The van der Waals surface area contributed by atoms with Crippen LogP contribution in [0.3, 0.4) is 0 Å². The second kappa shape index (κ2) is 8.99. The average Bonchev–Trinajstić information content (AvgIpc) is 3.68. The van der Waals surface area contributed by atoms with Crippen LogP contribution in [-0.4, -0.2) is 44.7 Å². The minimum absolute atomic E-state index is 0.0267. The molecule has 1 spiro atoms. The molecule has 0 atom stereocenters. The molecule has 0 radical (unpaired) electrons. The number of aryl methyl sites for hydroxylation is 1. The van der Waals surface area contributed by atoms with Gasteiger partial charge in [0, 0.05) is 31.4 Å². The van der Waals surface area contributed by atoms with Gasteiger partial charge in [0.1, 0.15) is 17.7 Å². The molecule has 2 aliphatic rings. The van der Waals surface area contributed by atoms with E-state index in [0.29, 0.717) is 29.1 Å². The Hall–Kier alpha value is -4.16. The number of benzene rings is 1. The minimum atomic E-state index is -0.488. The van der Waals surface area contributed by atoms with Crippen LogP contribution in [0, 0.1) is 24.1 Å². The molecule has 8 nitrogen and oxygen atoms in total. The van der Waals surface area contributed by atoms with E-state index in [1.807, 2.05) is 26.8 Å². The molecule has 6 rings (SSSR count). The summed E-state index contributed by atoms with van der Waals surface area (Å²) in [6.07, 6.45) is 3.72. The number of pyridine rings is 2. The van der Waals surface area contributed by atoms with Crippen molar-refractivity contribution in [3.05, 3.63) is 75.7 Å². The van der Waals surface area contributed by atoms with E-state index in [1.54, 1.807) is 30.5 Å². The maximum atomic E-state index is 15.0. The van der Waals surface area contributed by atoms with Gasteiger partial charge < -0.3 is 10.2 Å². The lowest BCUT2D eigenvalue weighted by molar-refractivity contribution is 0.460. The van der Waals surface area contributed by atoms with Crippen molar-refractivity contribution in [3.63, 3.8) is 0 Å². The molecule has 1 saturated heterocycles. The van der Waals surface area contributed by atoms with E-state index in [1.165, 1.54) is 10.6 Å². The molecule has 1 aromatic carbocycles. The topological polar surface area (TPSA) is 99.7 Å². The third-order valence-electron chi connectivity index (χ3n) is 7.64. The van der Waals surface area contributed by atoms with Gasteiger partial charge in [-0.15, -0.1) is 0 Å². The summed E-state index contributed by atoms with van der Waals surface area (Å²) in [4.78, 5) is 30.2. The first-order valence-corrected chi connectivity index (χ1v) is 12.9. The normalized spacial score (nSPS) is 16.3. The van der Waals surface area contributed by atoms with Crippen molar-refractivity contribution in [3.8, 4) is 23.0 Å². The number of halogens is 1. The van der Waals surface area contributed by atoms with Crippen LogP contribution in [0.5, 0.6) is 0 Å². The Morgan fingerprint density at radius 3 is 2.68 bits per heavy atom. The number of hydrogen-bond donors (Lipinski definition) is 1. The zero-order valence-corrected chi connectivity index (χ0v) is 21.6. The second-order valence-electron chi connectivity index (χ2n) is 10.5. The number of aromatic nitrogens is 4. The fraction of sp³-hybridized carbons (Fsp3) is 0.345. The van der Waals surface area contributed by atoms with Gasteiger partial charge in [0.05, 0.1) is 33.6 Å². The zero-order chi connectivity index (χ0) is 26.6. The monoisotopic (exact) mass is 509 g/mol. The maximum Gasteiger partial charge on any atom is 0.355 e. The maximum absolute atomic E-state index is 15.0. The van der Waals surface area contributed by atoms with Gasteiger partial charge in [0.25, 0.3) is 0 Å². The van der Waals surface area contributed by atoms with E-state index >= 15 is 0 Å². The largest absolute Gasteiger partial charge is 0.355 e. The highest BCUT2D eigenvalue weighted by Gasteiger charge is 2.50. The number of rotatable bonds is 4. The fourth-order valence-electron chi connectivity index (χ4n) is 5.53. The van der Waals surface area contributed by atoms with Crippen LogP contribution in [0.25, 0.3) is 28.0 Å². The lowest BCUT2D eigenvalue weighted by Gasteiger charge is -2.38. The Balaban J connectivity index is 1.74. The van der Waals surface area contributed by atoms with E-state index < -0.39 is 11.5 Å². The van der Waals surface area contributed by atoms with Crippen molar-refractivity contribution in [2.45, 2.75) is 45.1 Å². The molecule has 1 N–H and O–H groups in total. The van der Waals surface area contributed by atoms with Crippen molar-refractivity contribution in [2.75, 3.05) is 24.5 Å². The van der Waals surface area contributed by atoms with Crippen molar-refractivity contribution in [2.24, 2.45) is 0 Å². The number of anilines is 1. The SMILES string of the molecule is Cc1ccnc(C(C)C)c1-n1c(=O)nc(N2CCNCC23CC3)c2cc(C#N)c(-c3ccccc3F)nc21. The molecular formula is C29H28FN7O. The summed E-state index contributed by atoms with van der Waals surface area (Å²) in [6.45, 7) is 8.22. The molecule has 3 aromatic heterocycles. The van der Waals surface area contributed by atoms with Crippen molar-refractivity contribution in [1.29, 1.82) is 5.26 Å². The molecule has 0 amide bonds. The predicted molar refractivity (Wildman–Crippen MR) is 144 cm³/mol. The summed E-state index contributed by atoms with van der Waals surface area (Å²) in [6, 6.07) is 12.0. The molecule has 1 saturated carbocycles. The molecular weight excluding hydrogens is 481 g/mol. The zero-order valence-electron chi connectivity index (χ0n) is 21.6. The van der Waals surface area contributed by atoms with Crippen molar-refractivity contribution < 1.29 is 4.39 Å². The molecule has 0 bridgehead atoms. The van der Waals surface area contributed by atoms with Crippen LogP contribution >= 0.6 is 0 Å². The van der Waals surface area contributed by atoms with E-state index in [2.05, 4.69) is 26.3 Å². The first-order valence-electron chi connectivity index (χ1n) is 12.9. The Labute approximate surface area is 219 Å². The van der Waals surface area contributed by atoms with Gasteiger partial charge >= 0.3 is 5.69 Å². The summed E-state index contributed by atoms with van der Waals surface area (Å²) >= 11 is 0. The molecule has 2 fully saturated rings. The molecule has 1 aliphatic heterocycles. The Morgan fingerprint density at radius 2 is 1.97 bits per heavy atom. The Bertz CT molecular complexity index is 1680. The van der Waals surface area contributed by atoms with Gasteiger partial charge in [-0.3, -0.25) is 4.98 Å². The van der Waals surface area contributed by atoms with Gasteiger partial charge in [-0.25, -0.2) is 18.7 Å². The molecule has 38 heavy (non-hydrogen) atoms. The third kappa shape index (κ3) is 3.75. The Morgan fingerprint density at radius 1 is 1.18 bits per heavy atom. The summed E-state index contributed by atoms with van der Waals surface area (Å²) in [5.41, 5.74) is 2.59. The lowest BCUT2D eigenvalue weighted by atomic mass is 10.0. The first-order chi connectivity index (χ1) is 18.3. The number of fused-ring (bicyclic) bond motifs is 1. The smallest absolute Gasteiger partial charge is 0.348 e. The van der Waals surface area contributed by atoms with Gasteiger partial charge in [-0.2, -0.15) is 10.2 Å². The highest BCUT2D eigenvalue weighted by Crippen LogP contribution is 2.46. The van der Waals surface area contributed by atoms with E-state index in [9.17, 15) is 14.4 Å². The summed E-state index contributed by atoms with van der Waals surface area (Å²) in [7, 11) is 0. The molecule has 192 valence electrons. The highest BCUT2D eigenvalue weighted by atomic mass is 19.1. The second-order valence-corrected chi connectivity index (χ2v) is 10.5. The molecule has 9 heteroatoms. The van der Waals surface area contributed by atoms with Crippen LogP contribution in [0.1, 0.15) is 49.4 Å². The predicted octanol–water partition coefficient (Wildman–Crippen LogP) is 4.23. The number of piperazine rings is 1. The van der Waals surface area contributed by atoms with E-state index in [0.717, 1.165) is 37.2 Å². The number of nitrogens with zero attached hydrogens (tertiary/aromatic N) is 6. The average molecular weight is 510 g/mol. The van der Waals surface area contributed by atoms with Crippen LogP contribution in [0.2, 0.25) is 0 Å². The molecule has 4 heterocycles. The van der Waals surface area contributed by atoms with Gasteiger partial charge in [0.15, 0.2) is 5.65 Å².